The molecule has 0 heterocycles. The molecule has 1 nitrogen and oxygen atoms in total. The first kappa shape index (κ1) is 9.18. The van der Waals surface area contributed by atoms with Crippen LogP contribution in [0, 0.1) is 6.92 Å². The molecule has 0 aromatic rings. The van der Waals surface area contributed by atoms with Crippen molar-refractivity contribution in [3.63, 3.8) is 0 Å². The van der Waals surface area contributed by atoms with Gasteiger partial charge in [-0.25, -0.2) is 0 Å². The second kappa shape index (κ2) is 4.67. The standard InChI is InChI=1S/C3H7O.Ti/c1-3(2)4;/h3-4H,1H2,2H3;/q-1;. The second-order valence-corrected chi connectivity index (χ2v) is 0.849. The first-order valence-electron chi connectivity index (χ1n) is 1.24. The fourth-order valence-electron chi connectivity index (χ4n) is 0. The van der Waals surface area contributed by atoms with Crippen molar-refractivity contribution in [2.75, 3.05) is 0 Å². The van der Waals surface area contributed by atoms with Gasteiger partial charge in [-0.05, 0) is 0 Å². The molecule has 0 saturated heterocycles. The van der Waals surface area contributed by atoms with Crippen molar-refractivity contribution in [2.24, 2.45) is 0 Å². The maximum Gasteiger partial charge on any atom is 0 e. The smallest absolute Gasteiger partial charge is 0 e. The quantitative estimate of drug-likeness (QED) is 0.346. The Bertz CT molecular complexity index is 11.6. The first-order valence-corrected chi connectivity index (χ1v) is 1.24. The van der Waals surface area contributed by atoms with Gasteiger partial charge in [-0.3, -0.25) is 0 Å². The Hall–Kier alpha value is 0.674. The van der Waals surface area contributed by atoms with Crippen LogP contribution in [0.5, 0.6) is 0 Å². The molecule has 0 radical (unpaired) electrons. The van der Waals surface area contributed by atoms with E-state index in [1.54, 1.807) is 6.92 Å². The van der Waals surface area contributed by atoms with E-state index in [1.165, 1.54) is 0 Å². The Labute approximate surface area is 47.3 Å². The molecule has 0 aliphatic carbocycles. The summed E-state index contributed by atoms with van der Waals surface area (Å²) in [5.74, 6) is 0. The molecule has 0 saturated carbocycles. The Balaban J connectivity index is 0. The van der Waals surface area contributed by atoms with E-state index in [0.29, 0.717) is 0 Å². The molecule has 0 amide bonds. The van der Waals surface area contributed by atoms with Crippen molar-refractivity contribution in [3.8, 4) is 0 Å². The van der Waals surface area contributed by atoms with Gasteiger partial charge in [0.15, 0.2) is 0 Å². The average molecular weight is 107 g/mol. The van der Waals surface area contributed by atoms with Crippen LogP contribution >= 0.6 is 0 Å². The van der Waals surface area contributed by atoms with E-state index >= 15 is 0 Å². The number of rotatable bonds is 0. The second-order valence-electron chi connectivity index (χ2n) is 0.849. The molecule has 2 heteroatoms. The average Bonchev–Trinajstić information content (AvgIpc) is 0.811. The predicted molar refractivity (Wildman–Crippen MR) is 17.0 cm³/mol. The summed E-state index contributed by atoms with van der Waals surface area (Å²) in [5.41, 5.74) is 0. The van der Waals surface area contributed by atoms with E-state index in [2.05, 4.69) is 6.92 Å². The van der Waals surface area contributed by atoms with Crippen LogP contribution in [-0.2, 0) is 21.7 Å². The number of hydrogen-bond donors (Lipinski definition) is 1. The van der Waals surface area contributed by atoms with Gasteiger partial charge in [0.1, 0.15) is 0 Å². The summed E-state index contributed by atoms with van der Waals surface area (Å²) in [6.07, 6.45) is -0.417. The summed E-state index contributed by atoms with van der Waals surface area (Å²) in [6, 6.07) is 0. The summed E-state index contributed by atoms with van der Waals surface area (Å²) in [4.78, 5) is 0. The van der Waals surface area contributed by atoms with Gasteiger partial charge in [-0.2, -0.15) is 0 Å². The van der Waals surface area contributed by atoms with Crippen molar-refractivity contribution in [2.45, 2.75) is 13.0 Å². The minimum Gasteiger partial charge on any atom is -0.426 e. The Morgan fingerprint density at radius 3 is 1.80 bits per heavy atom. The van der Waals surface area contributed by atoms with Gasteiger partial charge in [0, 0.05) is 21.7 Å². The van der Waals surface area contributed by atoms with E-state index in [9.17, 15) is 0 Å². The molecule has 1 N–H and O–H groups in total. The summed E-state index contributed by atoms with van der Waals surface area (Å²) >= 11 is 0. The monoisotopic (exact) mass is 107 g/mol. The van der Waals surface area contributed by atoms with Crippen molar-refractivity contribution in [1.82, 2.24) is 0 Å². The summed E-state index contributed by atoms with van der Waals surface area (Å²) in [7, 11) is 0. The molecule has 0 bridgehead atoms. The van der Waals surface area contributed by atoms with Gasteiger partial charge in [0.25, 0.3) is 0 Å². The van der Waals surface area contributed by atoms with Crippen molar-refractivity contribution < 1.29 is 26.8 Å². The largest absolute Gasteiger partial charge is 0.426 e. The van der Waals surface area contributed by atoms with Crippen LogP contribution in [0.1, 0.15) is 6.92 Å². The zero-order valence-electron chi connectivity index (χ0n) is 3.23. The molecule has 0 aliphatic rings. The zero-order valence-corrected chi connectivity index (χ0v) is 4.79. The Morgan fingerprint density at radius 2 is 1.80 bits per heavy atom. The third kappa shape index (κ3) is 73.5. The third-order valence-corrected chi connectivity index (χ3v) is 0. The van der Waals surface area contributed by atoms with Crippen LogP contribution in [0.3, 0.4) is 0 Å². The maximum absolute atomic E-state index is 7.94. The summed E-state index contributed by atoms with van der Waals surface area (Å²) in [5, 5.41) is 7.94. The SMILES string of the molecule is [CH2-]C(C)O.[Ti]. The minimum absolute atomic E-state index is 0. The van der Waals surface area contributed by atoms with Gasteiger partial charge in [0.2, 0.25) is 0 Å². The van der Waals surface area contributed by atoms with Gasteiger partial charge in [-0.1, -0.05) is 13.0 Å². The molecule has 0 aromatic heterocycles. The molecule has 5 heavy (non-hydrogen) atoms. The van der Waals surface area contributed by atoms with Gasteiger partial charge >= 0.3 is 0 Å². The van der Waals surface area contributed by atoms with Gasteiger partial charge in [-0.15, -0.1) is 0 Å². The fourth-order valence-corrected chi connectivity index (χ4v) is 0. The molecule has 0 spiro atoms. The van der Waals surface area contributed by atoms with Crippen LogP contribution in [0.25, 0.3) is 0 Å². The molecule has 0 aliphatic heterocycles. The maximum atomic E-state index is 7.94. The molecule has 0 aromatic carbocycles. The van der Waals surface area contributed by atoms with E-state index < -0.39 is 6.10 Å². The molecular weight excluding hydrogens is 99.9 g/mol. The summed E-state index contributed by atoms with van der Waals surface area (Å²) in [6.45, 7) is 4.81. The number of aliphatic hydroxyl groups excluding tert-OH is 1. The van der Waals surface area contributed by atoms with Crippen LogP contribution in [0.2, 0.25) is 0 Å². The van der Waals surface area contributed by atoms with Crippen LogP contribution < -0.4 is 0 Å². The van der Waals surface area contributed by atoms with Crippen LogP contribution in [-0.4, -0.2) is 11.2 Å². The van der Waals surface area contributed by atoms with Gasteiger partial charge < -0.3 is 12.0 Å². The number of hydrogen-bond acceptors (Lipinski definition) is 1. The van der Waals surface area contributed by atoms with E-state index in [0.717, 1.165) is 0 Å². The summed E-state index contributed by atoms with van der Waals surface area (Å²) < 4.78 is 0. The molecule has 0 fully saturated rings. The topological polar surface area (TPSA) is 20.2 Å². The van der Waals surface area contributed by atoms with E-state index in [1.807, 2.05) is 0 Å². The zero-order chi connectivity index (χ0) is 3.58. The molecule has 1 unspecified atom stereocenters. The van der Waals surface area contributed by atoms with Crippen molar-refractivity contribution in [1.29, 1.82) is 0 Å². The first-order chi connectivity index (χ1) is 1.73. The molecule has 1 atom stereocenters. The van der Waals surface area contributed by atoms with Crippen molar-refractivity contribution >= 4 is 0 Å². The van der Waals surface area contributed by atoms with Crippen LogP contribution in [0.15, 0.2) is 0 Å². The van der Waals surface area contributed by atoms with Gasteiger partial charge in [0.05, 0.1) is 0 Å². The van der Waals surface area contributed by atoms with E-state index in [-0.39, 0.29) is 21.7 Å². The normalized spacial score (nSPS) is 12.6. The third-order valence-electron chi connectivity index (χ3n) is 0. The van der Waals surface area contributed by atoms with E-state index in [4.69, 9.17) is 5.11 Å². The molecular formula is C3H7OTi-. The Morgan fingerprint density at radius 1 is 1.80 bits per heavy atom. The fraction of sp³-hybridized carbons (Fsp3) is 0.667. The van der Waals surface area contributed by atoms with Crippen LogP contribution in [0.4, 0.5) is 0 Å². The minimum atomic E-state index is -0.417. The van der Waals surface area contributed by atoms with Crippen molar-refractivity contribution in [3.05, 3.63) is 6.92 Å². The predicted octanol–water partition coefficient (Wildman–Crippen LogP) is 0.199. The number of aliphatic hydroxyl groups is 1. The Kier molecular flexibility index (Phi) is 8.59. The molecule has 30 valence electrons. The molecule has 0 rings (SSSR count).